The van der Waals surface area contributed by atoms with Crippen LogP contribution in [-0.4, -0.2) is 20.9 Å². The molecule has 0 saturated heterocycles. The molecule has 0 aliphatic heterocycles. The molecule has 0 bridgehead atoms. The lowest BCUT2D eigenvalue weighted by Gasteiger charge is -2.12. The van der Waals surface area contributed by atoms with Crippen LogP contribution in [-0.2, 0) is 0 Å². The van der Waals surface area contributed by atoms with Gasteiger partial charge in [0.25, 0.3) is 0 Å². The van der Waals surface area contributed by atoms with Gasteiger partial charge in [0.05, 0.1) is 4.92 Å². The monoisotopic (exact) mass is 236 g/mol. The lowest BCUT2D eigenvalue weighted by Crippen LogP contribution is -2.17. The second-order valence-corrected chi connectivity index (χ2v) is 4.59. The fourth-order valence-electron chi connectivity index (χ4n) is 1.67. The Morgan fingerprint density at radius 2 is 2.18 bits per heavy atom. The first-order valence-electron chi connectivity index (χ1n) is 5.88. The summed E-state index contributed by atoms with van der Waals surface area (Å²) in [6.45, 7) is 2.08. The van der Waals surface area contributed by atoms with E-state index in [1.165, 1.54) is 31.7 Å². The molecule has 1 aromatic rings. The first-order chi connectivity index (χ1) is 8.15. The van der Waals surface area contributed by atoms with Crippen LogP contribution >= 0.6 is 0 Å². The fourth-order valence-corrected chi connectivity index (χ4v) is 1.67. The van der Waals surface area contributed by atoms with Gasteiger partial charge in [0.2, 0.25) is 5.95 Å². The lowest BCUT2D eigenvalue weighted by atomic mass is 10.1. The molecule has 0 spiro atoms. The topological polar surface area (TPSA) is 81.0 Å². The van der Waals surface area contributed by atoms with Gasteiger partial charge < -0.3 is 5.32 Å². The van der Waals surface area contributed by atoms with Crippen molar-refractivity contribution in [1.29, 1.82) is 0 Å². The van der Waals surface area contributed by atoms with Gasteiger partial charge in [-0.3, -0.25) is 10.1 Å². The Morgan fingerprint density at radius 3 is 2.71 bits per heavy atom. The van der Waals surface area contributed by atoms with Crippen LogP contribution < -0.4 is 5.32 Å². The van der Waals surface area contributed by atoms with Gasteiger partial charge in [0.1, 0.15) is 12.4 Å². The van der Waals surface area contributed by atoms with E-state index < -0.39 is 4.92 Å². The molecule has 1 unspecified atom stereocenters. The highest BCUT2D eigenvalue weighted by Gasteiger charge is 2.21. The quantitative estimate of drug-likeness (QED) is 0.605. The van der Waals surface area contributed by atoms with E-state index in [0.29, 0.717) is 12.0 Å². The molecule has 0 aromatic carbocycles. The second-order valence-electron chi connectivity index (χ2n) is 4.59. The molecule has 1 saturated carbocycles. The summed E-state index contributed by atoms with van der Waals surface area (Å²) >= 11 is 0. The van der Waals surface area contributed by atoms with Crippen molar-refractivity contribution in [1.82, 2.24) is 9.97 Å². The van der Waals surface area contributed by atoms with E-state index in [-0.39, 0.29) is 5.69 Å². The molecule has 92 valence electrons. The highest BCUT2D eigenvalue weighted by Crippen LogP contribution is 2.34. The largest absolute Gasteiger partial charge is 0.352 e. The SMILES string of the molecule is CC(CCC1CC1)Nc1ncc([N+](=O)[O-])cn1. The van der Waals surface area contributed by atoms with E-state index in [0.717, 1.165) is 12.3 Å². The third-order valence-electron chi connectivity index (χ3n) is 2.93. The zero-order valence-electron chi connectivity index (χ0n) is 9.80. The minimum Gasteiger partial charge on any atom is -0.352 e. The normalized spacial score (nSPS) is 16.5. The predicted octanol–water partition coefficient (Wildman–Crippen LogP) is 2.38. The Bertz CT molecular complexity index is 389. The Morgan fingerprint density at radius 1 is 1.53 bits per heavy atom. The average molecular weight is 236 g/mol. The minimum absolute atomic E-state index is 0.0822. The molecule has 0 radical (unpaired) electrons. The van der Waals surface area contributed by atoms with Gasteiger partial charge in [-0.2, -0.15) is 0 Å². The first-order valence-corrected chi connectivity index (χ1v) is 5.88. The predicted molar refractivity (Wildman–Crippen MR) is 63.7 cm³/mol. The third-order valence-corrected chi connectivity index (χ3v) is 2.93. The van der Waals surface area contributed by atoms with E-state index in [2.05, 4.69) is 22.2 Å². The minimum atomic E-state index is -0.500. The van der Waals surface area contributed by atoms with E-state index in [1.807, 2.05) is 0 Å². The van der Waals surface area contributed by atoms with Gasteiger partial charge in [0, 0.05) is 6.04 Å². The number of anilines is 1. The second kappa shape index (κ2) is 5.07. The number of nitrogens with zero attached hydrogens (tertiary/aromatic N) is 3. The molecule has 1 atom stereocenters. The molecule has 0 amide bonds. The number of aromatic nitrogens is 2. The molecule has 6 heteroatoms. The molecule has 2 rings (SSSR count). The van der Waals surface area contributed by atoms with Crippen LogP contribution in [0.25, 0.3) is 0 Å². The zero-order valence-corrected chi connectivity index (χ0v) is 9.80. The summed E-state index contributed by atoms with van der Waals surface area (Å²) in [6, 6.07) is 0.303. The number of rotatable bonds is 6. The highest BCUT2D eigenvalue weighted by atomic mass is 16.6. The maximum atomic E-state index is 10.4. The van der Waals surface area contributed by atoms with Crippen molar-refractivity contribution >= 4 is 11.6 Å². The summed E-state index contributed by atoms with van der Waals surface area (Å²) in [5.74, 6) is 1.37. The van der Waals surface area contributed by atoms with Crippen molar-refractivity contribution in [3.8, 4) is 0 Å². The summed E-state index contributed by atoms with van der Waals surface area (Å²) in [6.07, 6.45) is 7.50. The molecule has 1 aliphatic carbocycles. The Hall–Kier alpha value is -1.72. The molecule has 1 fully saturated rings. The Kier molecular flexibility index (Phi) is 3.51. The van der Waals surface area contributed by atoms with Crippen LogP contribution in [0.4, 0.5) is 11.6 Å². The lowest BCUT2D eigenvalue weighted by molar-refractivity contribution is -0.385. The van der Waals surface area contributed by atoms with Crippen LogP contribution in [0.1, 0.15) is 32.6 Å². The molecular weight excluding hydrogens is 220 g/mol. The van der Waals surface area contributed by atoms with Crippen molar-refractivity contribution in [2.24, 2.45) is 5.92 Å². The van der Waals surface area contributed by atoms with Crippen LogP contribution in [0.3, 0.4) is 0 Å². The number of hydrogen-bond donors (Lipinski definition) is 1. The molecule has 17 heavy (non-hydrogen) atoms. The van der Waals surface area contributed by atoms with Crippen molar-refractivity contribution in [3.05, 3.63) is 22.5 Å². The summed E-state index contributed by atoms with van der Waals surface area (Å²) < 4.78 is 0. The van der Waals surface area contributed by atoms with E-state index in [9.17, 15) is 10.1 Å². The summed E-state index contributed by atoms with van der Waals surface area (Å²) in [7, 11) is 0. The van der Waals surface area contributed by atoms with Crippen molar-refractivity contribution in [2.45, 2.75) is 38.6 Å². The molecule has 1 aromatic heterocycles. The van der Waals surface area contributed by atoms with Gasteiger partial charge in [0.15, 0.2) is 0 Å². The molecule has 6 nitrogen and oxygen atoms in total. The first kappa shape index (κ1) is 11.8. The summed E-state index contributed by atoms with van der Waals surface area (Å²) in [5, 5.41) is 13.6. The maximum absolute atomic E-state index is 10.4. The smallest absolute Gasteiger partial charge is 0.305 e. The molecule has 1 heterocycles. The van der Waals surface area contributed by atoms with Gasteiger partial charge in [-0.25, -0.2) is 9.97 Å². The van der Waals surface area contributed by atoms with E-state index >= 15 is 0 Å². The Labute approximate surface area is 99.6 Å². The zero-order chi connectivity index (χ0) is 12.3. The molecule has 1 N–H and O–H groups in total. The van der Waals surface area contributed by atoms with E-state index in [1.54, 1.807) is 0 Å². The number of hydrogen-bond acceptors (Lipinski definition) is 5. The summed E-state index contributed by atoms with van der Waals surface area (Å²) in [4.78, 5) is 17.8. The molecule has 1 aliphatic rings. The van der Waals surface area contributed by atoms with Crippen molar-refractivity contribution < 1.29 is 4.92 Å². The maximum Gasteiger partial charge on any atom is 0.305 e. The Balaban J connectivity index is 1.82. The van der Waals surface area contributed by atoms with Gasteiger partial charge in [-0.15, -0.1) is 0 Å². The van der Waals surface area contributed by atoms with E-state index in [4.69, 9.17) is 0 Å². The van der Waals surface area contributed by atoms with Crippen molar-refractivity contribution in [3.63, 3.8) is 0 Å². The average Bonchev–Trinajstić information content (AvgIpc) is 3.11. The number of nitro groups is 1. The summed E-state index contributed by atoms with van der Waals surface area (Å²) in [5.41, 5.74) is -0.0822. The van der Waals surface area contributed by atoms with Crippen LogP contribution in [0.5, 0.6) is 0 Å². The van der Waals surface area contributed by atoms with Crippen molar-refractivity contribution in [2.75, 3.05) is 5.32 Å². The van der Waals surface area contributed by atoms with Gasteiger partial charge in [-0.1, -0.05) is 12.8 Å². The number of nitrogens with one attached hydrogen (secondary N) is 1. The van der Waals surface area contributed by atoms with Crippen LogP contribution in [0, 0.1) is 16.0 Å². The van der Waals surface area contributed by atoms with Crippen LogP contribution in [0.15, 0.2) is 12.4 Å². The van der Waals surface area contributed by atoms with Crippen LogP contribution in [0.2, 0.25) is 0 Å². The van der Waals surface area contributed by atoms with Gasteiger partial charge >= 0.3 is 5.69 Å². The standard InChI is InChI=1S/C11H16N4O2/c1-8(2-3-9-4-5-9)14-11-12-6-10(7-13-11)15(16)17/h6-9H,2-5H2,1H3,(H,12,13,14). The fraction of sp³-hybridized carbons (Fsp3) is 0.636. The third kappa shape index (κ3) is 3.65. The van der Waals surface area contributed by atoms with Gasteiger partial charge in [-0.05, 0) is 25.7 Å². The highest BCUT2D eigenvalue weighted by molar-refractivity contribution is 5.31. The molecular formula is C11H16N4O2.